The van der Waals surface area contributed by atoms with Crippen molar-refractivity contribution in [1.29, 1.82) is 0 Å². The van der Waals surface area contributed by atoms with Crippen LogP contribution in [0.25, 0.3) is 10.9 Å². The van der Waals surface area contributed by atoms with Gasteiger partial charge in [-0.05, 0) is 57.0 Å². The van der Waals surface area contributed by atoms with E-state index < -0.39 is 20.8 Å². The molecule has 0 amide bonds. The SMILES string of the molecule is COc1cc2c(Oc3ccc(N)cc3F)ccnc2cc1OCCCN1CCCCC1C.O=S(=O)(O)c1c(Cl)csc1Cl. The molecule has 0 radical (unpaired) electrons. The van der Waals surface area contributed by atoms with E-state index in [0.29, 0.717) is 46.5 Å². The van der Waals surface area contributed by atoms with Gasteiger partial charge < -0.3 is 24.8 Å². The lowest BCUT2D eigenvalue weighted by molar-refractivity contribution is 0.148. The van der Waals surface area contributed by atoms with Gasteiger partial charge in [0.15, 0.2) is 23.1 Å². The molecular formula is C29H32Cl2FN3O6S2. The second kappa shape index (κ2) is 14.7. The van der Waals surface area contributed by atoms with Gasteiger partial charge in [-0.15, -0.1) is 11.3 Å². The summed E-state index contributed by atoms with van der Waals surface area (Å²) < 4.78 is 61.2. The maximum Gasteiger partial charge on any atom is 0.298 e. The van der Waals surface area contributed by atoms with Gasteiger partial charge in [-0.1, -0.05) is 29.6 Å². The number of nitrogens with two attached hydrogens (primary N) is 1. The normalized spacial score (nSPS) is 15.5. The average molecular weight is 673 g/mol. The van der Waals surface area contributed by atoms with Gasteiger partial charge in [-0.2, -0.15) is 8.42 Å². The Balaban J connectivity index is 0.000000324. The molecule has 4 aromatic rings. The number of nitrogens with zero attached hydrogens (tertiary/aromatic N) is 2. The number of hydrogen-bond donors (Lipinski definition) is 2. The fourth-order valence-electron chi connectivity index (χ4n) is 4.68. The van der Waals surface area contributed by atoms with Crippen molar-refractivity contribution < 1.29 is 31.6 Å². The minimum atomic E-state index is -4.27. The van der Waals surface area contributed by atoms with Crippen LogP contribution in [0.5, 0.6) is 23.0 Å². The van der Waals surface area contributed by atoms with Crippen LogP contribution < -0.4 is 19.9 Å². The zero-order chi connectivity index (χ0) is 31.1. The van der Waals surface area contributed by atoms with Crippen LogP contribution in [0.3, 0.4) is 0 Å². The summed E-state index contributed by atoms with van der Waals surface area (Å²) in [4.78, 5) is 6.55. The molecule has 1 fully saturated rings. The number of methoxy groups -OCH3 is 1. The Bertz CT molecular complexity index is 1650. The highest BCUT2D eigenvalue weighted by molar-refractivity contribution is 7.86. The zero-order valence-corrected chi connectivity index (χ0v) is 26.7. The Morgan fingerprint density at radius 2 is 1.93 bits per heavy atom. The molecule has 5 rings (SSSR count). The highest BCUT2D eigenvalue weighted by atomic mass is 35.5. The van der Waals surface area contributed by atoms with Gasteiger partial charge in [0, 0.05) is 47.4 Å². The van der Waals surface area contributed by atoms with Crippen molar-refractivity contribution in [2.45, 2.75) is 43.5 Å². The Labute approximate surface area is 264 Å². The molecule has 43 heavy (non-hydrogen) atoms. The van der Waals surface area contributed by atoms with Crippen LogP contribution in [-0.2, 0) is 10.1 Å². The number of aromatic nitrogens is 1. The molecule has 1 unspecified atom stereocenters. The summed E-state index contributed by atoms with van der Waals surface area (Å²) in [6.45, 7) is 5.09. The minimum Gasteiger partial charge on any atom is -0.493 e. The van der Waals surface area contributed by atoms with Crippen LogP contribution in [0.1, 0.15) is 32.6 Å². The van der Waals surface area contributed by atoms with E-state index in [4.69, 9.17) is 47.7 Å². The van der Waals surface area contributed by atoms with Crippen molar-refractivity contribution >= 4 is 61.2 Å². The molecule has 0 spiro atoms. The maximum absolute atomic E-state index is 14.2. The highest BCUT2D eigenvalue weighted by Gasteiger charge is 2.21. The quantitative estimate of drug-likeness (QED) is 0.105. The molecule has 232 valence electrons. The predicted molar refractivity (Wildman–Crippen MR) is 168 cm³/mol. The average Bonchev–Trinajstić information content (AvgIpc) is 3.31. The molecule has 0 bridgehead atoms. The third kappa shape index (κ3) is 8.62. The first-order chi connectivity index (χ1) is 20.5. The van der Waals surface area contributed by atoms with Crippen LogP contribution in [-0.4, -0.2) is 55.7 Å². The number of hydrogen-bond acceptors (Lipinski definition) is 9. The van der Waals surface area contributed by atoms with Crippen molar-refractivity contribution in [1.82, 2.24) is 9.88 Å². The summed E-state index contributed by atoms with van der Waals surface area (Å²) >= 11 is 11.8. The van der Waals surface area contributed by atoms with Crippen molar-refractivity contribution in [3.05, 3.63) is 63.2 Å². The third-order valence-electron chi connectivity index (χ3n) is 6.87. The summed E-state index contributed by atoms with van der Waals surface area (Å²) in [7, 11) is -2.68. The number of thiophene rings is 1. The van der Waals surface area contributed by atoms with Crippen LogP contribution >= 0.6 is 34.5 Å². The summed E-state index contributed by atoms with van der Waals surface area (Å²) in [6, 6.07) is 10.3. The molecule has 1 atom stereocenters. The first-order valence-corrected chi connectivity index (χ1v) is 16.5. The van der Waals surface area contributed by atoms with E-state index in [1.54, 1.807) is 25.4 Å². The molecule has 9 nitrogen and oxygen atoms in total. The number of nitrogen functional groups attached to an aromatic ring is 1. The van der Waals surface area contributed by atoms with E-state index in [0.717, 1.165) is 24.3 Å². The number of fused-ring (bicyclic) bond motifs is 1. The first-order valence-electron chi connectivity index (χ1n) is 13.4. The van der Waals surface area contributed by atoms with E-state index in [1.807, 2.05) is 12.1 Å². The number of halogens is 3. The highest BCUT2D eigenvalue weighted by Crippen LogP contribution is 2.38. The zero-order valence-electron chi connectivity index (χ0n) is 23.6. The molecule has 0 saturated carbocycles. The van der Waals surface area contributed by atoms with Crippen LogP contribution in [0, 0.1) is 5.82 Å². The van der Waals surface area contributed by atoms with Gasteiger partial charge in [0.1, 0.15) is 15.0 Å². The Kier molecular flexibility index (Phi) is 11.3. The molecule has 2 aromatic carbocycles. The second-order valence-corrected chi connectivity index (χ2v) is 13.1. The smallest absolute Gasteiger partial charge is 0.298 e. The number of anilines is 1. The molecule has 1 aliphatic heterocycles. The van der Waals surface area contributed by atoms with E-state index in [9.17, 15) is 12.8 Å². The lowest BCUT2D eigenvalue weighted by atomic mass is 10.0. The molecular weight excluding hydrogens is 640 g/mol. The van der Waals surface area contributed by atoms with E-state index in [2.05, 4.69) is 16.8 Å². The number of ether oxygens (including phenoxy) is 3. The van der Waals surface area contributed by atoms with Gasteiger partial charge in [0.2, 0.25) is 0 Å². The fourth-order valence-corrected chi connectivity index (χ4v) is 7.41. The number of benzene rings is 2. The van der Waals surface area contributed by atoms with Gasteiger partial charge >= 0.3 is 0 Å². The van der Waals surface area contributed by atoms with E-state index in [-0.39, 0.29) is 15.1 Å². The lowest BCUT2D eigenvalue weighted by Gasteiger charge is -2.33. The van der Waals surface area contributed by atoms with Crippen LogP contribution in [0.2, 0.25) is 9.36 Å². The fraction of sp³-hybridized carbons (Fsp3) is 0.345. The maximum atomic E-state index is 14.2. The number of likely N-dealkylation sites (tertiary alicyclic amines) is 1. The Hall–Kier alpha value is -2.87. The standard InChI is InChI=1S/C25H30FN3O3.C4H2Cl2O3S2/c1-17-6-3-4-11-29(17)12-5-13-31-25-16-21-19(15-24(25)30-2)22(9-10-28-21)32-23-8-7-18(27)14-20(23)26;5-2-1-10-4(6)3(2)11(7,8)9/h7-10,14-17H,3-6,11-13,27H2,1-2H3;1H,(H,7,8,9). The summed E-state index contributed by atoms with van der Waals surface area (Å²) in [6.07, 6.45) is 6.45. The number of piperidine rings is 1. The lowest BCUT2D eigenvalue weighted by Crippen LogP contribution is -2.38. The molecule has 3 N–H and O–H groups in total. The number of rotatable bonds is 9. The molecule has 1 saturated heterocycles. The first kappa shape index (κ1) is 33.0. The minimum absolute atomic E-state index is 0.0301. The van der Waals surface area contributed by atoms with E-state index >= 15 is 0 Å². The molecule has 0 aliphatic carbocycles. The molecule has 2 aromatic heterocycles. The Morgan fingerprint density at radius 3 is 2.56 bits per heavy atom. The summed E-state index contributed by atoms with van der Waals surface area (Å²) in [5, 5.41) is 1.99. The monoisotopic (exact) mass is 671 g/mol. The van der Waals surface area contributed by atoms with Gasteiger partial charge in [0.25, 0.3) is 10.1 Å². The van der Waals surface area contributed by atoms with E-state index in [1.165, 1.54) is 43.3 Å². The van der Waals surface area contributed by atoms with Crippen molar-refractivity contribution in [2.75, 3.05) is 32.5 Å². The molecule has 14 heteroatoms. The van der Waals surface area contributed by atoms with Gasteiger partial charge in [-0.3, -0.25) is 9.54 Å². The predicted octanol–water partition coefficient (Wildman–Crippen LogP) is 7.70. The largest absolute Gasteiger partial charge is 0.493 e. The van der Waals surface area contributed by atoms with Gasteiger partial charge in [-0.25, -0.2) is 4.39 Å². The number of pyridine rings is 1. The van der Waals surface area contributed by atoms with Gasteiger partial charge in [0.05, 0.1) is 24.3 Å². The van der Waals surface area contributed by atoms with Crippen molar-refractivity contribution in [3.8, 4) is 23.0 Å². The summed E-state index contributed by atoms with van der Waals surface area (Å²) in [5.41, 5.74) is 6.65. The van der Waals surface area contributed by atoms with Crippen LogP contribution in [0.4, 0.5) is 10.1 Å². The third-order valence-corrected chi connectivity index (χ3v) is 9.81. The topological polar surface area (TPSA) is 124 Å². The Morgan fingerprint density at radius 1 is 1.14 bits per heavy atom. The van der Waals surface area contributed by atoms with Crippen molar-refractivity contribution in [3.63, 3.8) is 0 Å². The molecule has 1 aliphatic rings. The second-order valence-electron chi connectivity index (χ2n) is 9.87. The van der Waals surface area contributed by atoms with Crippen molar-refractivity contribution in [2.24, 2.45) is 0 Å². The van der Waals surface area contributed by atoms with Crippen LogP contribution in [0.15, 0.2) is 52.9 Å². The molecule has 3 heterocycles. The summed E-state index contributed by atoms with van der Waals surface area (Å²) in [5.74, 6) is 1.26.